The second-order valence-electron chi connectivity index (χ2n) is 3.68. The van der Waals surface area contributed by atoms with Crippen molar-refractivity contribution in [3.05, 3.63) is 64.6 Å². The van der Waals surface area contributed by atoms with Gasteiger partial charge in [0.15, 0.2) is 0 Å². The molecule has 1 amide bonds. The molecule has 17 heavy (non-hydrogen) atoms. The summed E-state index contributed by atoms with van der Waals surface area (Å²) in [6, 6.07) is 16.9. The smallest absolute Gasteiger partial charge is 0.258 e. The Morgan fingerprint density at radius 2 is 1.59 bits per heavy atom. The van der Waals surface area contributed by atoms with Crippen molar-refractivity contribution in [2.45, 2.75) is 0 Å². The van der Waals surface area contributed by atoms with Crippen LogP contribution in [0.1, 0.15) is 10.4 Å². The minimum Gasteiger partial charge on any atom is -0.310 e. The summed E-state index contributed by atoms with van der Waals surface area (Å²) in [5.41, 5.74) is 1.55. The van der Waals surface area contributed by atoms with E-state index in [0.29, 0.717) is 5.56 Å². The van der Waals surface area contributed by atoms with Gasteiger partial charge in [-0.05, 0) is 40.2 Å². The molecule has 2 rings (SSSR count). The molecule has 0 unspecified atom stereocenters. The van der Waals surface area contributed by atoms with Crippen molar-refractivity contribution in [1.29, 1.82) is 0 Å². The molecule has 0 radical (unpaired) electrons. The van der Waals surface area contributed by atoms with E-state index in [1.165, 1.54) is 0 Å². The van der Waals surface area contributed by atoms with E-state index in [4.69, 9.17) is 0 Å². The van der Waals surface area contributed by atoms with Gasteiger partial charge in [-0.25, -0.2) is 0 Å². The largest absolute Gasteiger partial charge is 0.310 e. The highest BCUT2D eigenvalue weighted by atomic mass is 79.9. The molecule has 0 atom stereocenters. The number of amides is 1. The lowest BCUT2D eigenvalue weighted by atomic mass is 10.2. The van der Waals surface area contributed by atoms with Gasteiger partial charge in [0.1, 0.15) is 0 Å². The van der Waals surface area contributed by atoms with Crippen LogP contribution in [-0.4, -0.2) is 13.0 Å². The molecular formula is C14H12BrNO. The molecule has 0 fully saturated rings. The van der Waals surface area contributed by atoms with Crippen molar-refractivity contribution >= 4 is 27.5 Å². The number of rotatable bonds is 2. The van der Waals surface area contributed by atoms with Crippen molar-refractivity contribution in [2.24, 2.45) is 0 Å². The van der Waals surface area contributed by atoms with Gasteiger partial charge >= 0.3 is 0 Å². The third kappa shape index (κ3) is 2.56. The Morgan fingerprint density at radius 1 is 1.00 bits per heavy atom. The highest BCUT2D eigenvalue weighted by Gasteiger charge is 2.14. The van der Waals surface area contributed by atoms with E-state index in [9.17, 15) is 4.79 Å². The molecule has 0 bridgehead atoms. The predicted molar refractivity (Wildman–Crippen MR) is 73.3 cm³/mol. The fraction of sp³-hybridized carbons (Fsp3) is 0.0714. The van der Waals surface area contributed by atoms with Crippen LogP contribution in [0.3, 0.4) is 0 Å². The zero-order valence-corrected chi connectivity index (χ0v) is 11.0. The van der Waals surface area contributed by atoms with Crippen molar-refractivity contribution in [3.8, 4) is 0 Å². The molecule has 3 heteroatoms. The first-order valence-corrected chi connectivity index (χ1v) is 6.07. The average Bonchev–Trinajstić information content (AvgIpc) is 2.39. The third-order valence-electron chi connectivity index (χ3n) is 2.54. The number of halogens is 1. The molecule has 0 heterocycles. The number of carbonyl (C=O) groups is 1. The number of anilines is 1. The molecule has 2 nitrogen and oxygen atoms in total. The fourth-order valence-electron chi connectivity index (χ4n) is 1.61. The summed E-state index contributed by atoms with van der Waals surface area (Å²) in [6.45, 7) is 0. The Kier molecular flexibility index (Phi) is 3.59. The summed E-state index contributed by atoms with van der Waals surface area (Å²) in [4.78, 5) is 13.8. The Labute approximate surface area is 109 Å². The average molecular weight is 290 g/mol. The second kappa shape index (κ2) is 5.15. The zero-order valence-electron chi connectivity index (χ0n) is 9.43. The molecule has 0 saturated carbocycles. The number of benzene rings is 2. The van der Waals surface area contributed by atoms with Crippen LogP contribution < -0.4 is 4.90 Å². The summed E-state index contributed by atoms with van der Waals surface area (Å²) < 4.78 is 0.909. The van der Waals surface area contributed by atoms with Crippen LogP contribution in [0, 0.1) is 0 Å². The normalized spacial score (nSPS) is 10.0. The first-order valence-electron chi connectivity index (χ1n) is 5.28. The minimum absolute atomic E-state index is 0.0162. The van der Waals surface area contributed by atoms with Gasteiger partial charge in [0, 0.05) is 17.1 Å². The van der Waals surface area contributed by atoms with E-state index < -0.39 is 0 Å². The number of para-hydroxylation sites is 1. The maximum atomic E-state index is 12.2. The fourth-order valence-corrected chi connectivity index (χ4v) is 2.16. The second-order valence-corrected chi connectivity index (χ2v) is 4.54. The minimum atomic E-state index is -0.0162. The topological polar surface area (TPSA) is 20.3 Å². The van der Waals surface area contributed by atoms with Gasteiger partial charge < -0.3 is 4.90 Å². The molecule has 2 aromatic carbocycles. The van der Waals surface area contributed by atoms with E-state index in [1.807, 2.05) is 54.6 Å². The van der Waals surface area contributed by atoms with Crippen LogP contribution in [0.4, 0.5) is 5.69 Å². The molecule has 0 N–H and O–H groups in total. The van der Waals surface area contributed by atoms with Crippen LogP contribution in [0.25, 0.3) is 0 Å². The predicted octanol–water partition coefficient (Wildman–Crippen LogP) is 3.73. The maximum Gasteiger partial charge on any atom is 0.258 e. The van der Waals surface area contributed by atoms with Crippen molar-refractivity contribution in [2.75, 3.05) is 11.9 Å². The molecule has 0 spiro atoms. The van der Waals surface area contributed by atoms with Crippen LogP contribution in [0.5, 0.6) is 0 Å². The van der Waals surface area contributed by atoms with E-state index in [1.54, 1.807) is 11.9 Å². The van der Waals surface area contributed by atoms with Gasteiger partial charge in [-0.1, -0.05) is 30.3 Å². The highest BCUT2D eigenvalue weighted by molar-refractivity contribution is 9.10. The lowest BCUT2D eigenvalue weighted by Gasteiger charge is -2.18. The van der Waals surface area contributed by atoms with Gasteiger partial charge in [-0.15, -0.1) is 0 Å². The van der Waals surface area contributed by atoms with Crippen molar-refractivity contribution < 1.29 is 4.79 Å². The molecule has 0 aliphatic carbocycles. The molecule has 86 valence electrons. The lowest BCUT2D eigenvalue weighted by molar-refractivity contribution is 0.0993. The Balaban J connectivity index is 2.30. The summed E-state index contributed by atoms with van der Waals surface area (Å²) in [5.74, 6) is -0.0162. The molecule has 0 aliphatic rings. The lowest BCUT2D eigenvalue weighted by Crippen LogP contribution is -2.26. The molecular weight excluding hydrogens is 278 g/mol. The van der Waals surface area contributed by atoms with Gasteiger partial charge in [-0.3, -0.25) is 4.79 Å². The van der Waals surface area contributed by atoms with Crippen molar-refractivity contribution in [3.63, 3.8) is 0 Å². The number of hydrogen-bond donors (Lipinski definition) is 0. The maximum absolute atomic E-state index is 12.2. The van der Waals surface area contributed by atoms with Crippen LogP contribution in [0.15, 0.2) is 59.1 Å². The molecule has 2 aromatic rings. The number of carbonyl (C=O) groups excluding carboxylic acids is 1. The van der Waals surface area contributed by atoms with E-state index in [0.717, 1.165) is 10.2 Å². The van der Waals surface area contributed by atoms with Gasteiger partial charge in [-0.2, -0.15) is 0 Å². The summed E-state index contributed by atoms with van der Waals surface area (Å²) >= 11 is 3.44. The summed E-state index contributed by atoms with van der Waals surface area (Å²) in [6.07, 6.45) is 0. The zero-order chi connectivity index (χ0) is 12.3. The number of hydrogen-bond acceptors (Lipinski definition) is 1. The Morgan fingerprint density at radius 3 is 2.24 bits per heavy atom. The quantitative estimate of drug-likeness (QED) is 0.825. The first-order chi connectivity index (χ1) is 8.20. The summed E-state index contributed by atoms with van der Waals surface area (Å²) in [7, 11) is 1.77. The van der Waals surface area contributed by atoms with Crippen molar-refractivity contribution in [1.82, 2.24) is 0 Å². The number of nitrogens with zero attached hydrogens (tertiary/aromatic N) is 1. The Hall–Kier alpha value is -1.61. The van der Waals surface area contributed by atoms with Crippen LogP contribution in [0.2, 0.25) is 0 Å². The van der Waals surface area contributed by atoms with E-state index >= 15 is 0 Å². The SMILES string of the molecule is CN(C(=O)c1ccccc1)c1ccccc1Br. The molecule has 0 aromatic heterocycles. The van der Waals surface area contributed by atoms with Gasteiger partial charge in [0.2, 0.25) is 0 Å². The summed E-state index contributed by atoms with van der Waals surface area (Å²) in [5, 5.41) is 0. The monoisotopic (exact) mass is 289 g/mol. The molecule has 0 saturated heterocycles. The van der Waals surface area contributed by atoms with E-state index in [-0.39, 0.29) is 5.91 Å². The van der Waals surface area contributed by atoms with E-state index in [2.05, 4.69) is 15.9 Å². The molecule has 0 aliphatic heterocycles. The Bertz CT molecular complexity index is 525. The first kappa shape index (κ1) is 11.9. The van der Waals surface area contributed by atoms with Crippen LogP contribution in [-0.2, 0) is 0 Å². The van der Waals surface area contributed by atoms with Gasteiger partial charge in [0.05, 0.1) is 5.69 Å². The standard InChI is InChI=1S/C14H12BrNO/c1-16(13-10-6-5-9-12(13)15)14(17)11-7-3-2-4-8-11/h2-10H,1H3. The highest BCUT2D eigenvalue weighted by Crippen LogP contribution is 2.25. The van der Waals surface area contributed by atoms with Crippen LogP contribution >= 0.6 is 15.9 Å². The third-order valence-corrected chi connectivity index (χ3v) is 3.21. The van der Waals surface area contributed by atoms with Gasteiger partial charge in [0.25, 0.3) is 5.91 Å².